The molecule has 1 N–H and O–H groups in total. The summed E-state index contributed by atoms with van der Waals surface area (Å²) in [5, 5.41) is 9.76. The number of aliphatic hydroxyl groups excluding tert-OH is 1. The summed E-state index contributed by atoms with van der Waals surface area (Å²) in [6, 6.07) is 0. The summed E-state index contributed by atoms with van der Waals surface area (Å²) in [5.41, 5.74) is 0.401. The molecule has 2 unspecified atom stereocenters. The SMILES string of the molecule is COCC(O)COC1CCC(C(C)(C)C2CCC(C3COCO3)CC2)CC1. The molecule has 0 aromatic carbocycles. The first kappa shape index (κ1) is 21.5. The van der Waals surface area contributed by atoms with Gasteiger partial charge < -0.3 is 24.1 Å². The number of methoxy groups -OCH3 is 1. The third-order valence-corrected chi connectivity index (χ3v) is 7.61. The van der Waals surface area contributed by atoms with Crippen LogP contribution < -0.4 is 0 Å². The van der Waals surface area contributed by atoms with Crippen LogP contribution in [0.25, 0.3) is 0 Å². The van der Waals surface area contributed by atoms with Crippen LogP contribution in [0.5, 0.6) is 0 Å². The van der Waals surface area contributed by atoms with Crippen molar-refractivity contribution in [2.24, 2.45) is 23.2 Å². The molecular weight excluding hydrogens is 344 g/mol. The van der Waals surface area contributed by atoms with Gasteiger partial charge in [-0.1, -0.05) is 13.8 Å². The molecule has 0 radical (unpaired) electrons. The van der Waals surface area contributed by atoms with Gasteiger partial charge in [-0.05, 0) is 74.5 Å². The van der Waals surface area contributed by atoms with E-state index in [1.54, 1.807) is 7.11 Å². The number of aliphatic hydroxyl groups is 1. The highest BCUT2D eigenvalue weighted by atomic mass is 16.7. The van der Waals surface area contributed by atoms with Crippen LogP contribution in [0, 0.1) is 23.2 Å². The molecule has 0 bridgehead atoms. The summed E-state index contributed by atoms with van der Waals surface area (Å²) in [6.07, 6.45) is 10.1. The average Bonchev–Trinajstić information content (AvgIpc) is 3.22. The Hall–Kier alpha value is -0.200. The van der Waals surface area contributed by atoms with E-state index in [1.807, 2.05) is 0 Å². The van der Waals surface area contributed by atoms with Gasteiger partial charge in [0.25, 0.3) is 0 Å². The van der Waals surface area contributed by atoms with Gasteiger partial charge >= 0.3 is 0 Å². The lowest BCUT2D eigenvalue weighted by Crippen LogP contribution is -2.39. The molecule has 1 heterocycles. The van der Waals surface area contributed by atoms with Gasteiger partial charge in [0, 0.05) is 7.11 Å². The van der Waals surface area contributed by atoms with Gasteiger partial charge in [-0.25, -0.2) is 0 Å². The molecule has 158 valence electrons. The quantitative estimate of drug-likeness (QED) is 0.690. The molecule has 0 aromatic rings. The van der Waals surface area contributed by atoms with Crippen molar-refractivity contribution in [3.8, 4) is 0 Å². The van der Waals surface area contributed by atoms with E-state index in [0.717, 1.165) is 31.3 Å². The lowest BCUT2D eigenvalue weighted by atomic mass is 9.59. The van der Waals surface area contributed by atoms with Crippen molar-refractivity contribution in [1.82, 2.24) is 0 Å². The number of hydrogen-bond donors (Lipinski definition) is 1. The highest BCUT2D eigenvalue weighted by Gasteiger charge is 2.42. The summed E-state index contributed by atoms with van der Waals surface area (Å²) in [6.45, 7) is 7.03. The van der Waals surface area contributed by atoms with Crippen molar-refractivity contribution in [3.63, 3.8) is 0 Å². The fourth-order valence-electron chi connectivity index (χ4n) is 5.65. The molecule has 2 saturated carbocycles. The normalized spacial score (nSPS) is 36.7. The predicted molar refractivity (Wildman–Crippen MR) is 105 cm³/mol. The van der Waals surface area contributed by atoms with Crippen LogP contribution in [0.3, 0.4) is 0 Å². The molecule has 3 aliphatic rings. The van der Waals surface area contributed by atoms with Crippen molar-refractivity contribution in [3.05, 3.63) is 0 Å². The molecule has 3 fully saturated rings. The first-order valence-electron chi connectivity index (χ1n) is 11.0. The summed E-state index contributed by atoms with van der Waals surface area (Å²) in [5.74, 6) is 2.30. The van der Waals surface area contributed by atoms with Crippen molar-refractivity contribution in [2.45, 2.75) is 83.5 Å². The van der Waals surface area contributed by atoms with Gasteiger partial charge in [0.2, 0.25) is 0 Å². The number of rotatable bonds is 8. The predicted octanol–water partition coefficient (Wildman–Crippen LogP) is 3.77. The lowest BCUT2D eigenvalue weighted by molar-refractivity contribution is -0.0623. The highest BCUT2D eigenvalue weighted by Crippen LogP contribution is 2.50. The minimum Gasteiger partial charge on any atom is -0.388 e. The van der Waals surface area contributed by atoms with Crippen LogP contribution in [0.4, 0.5) is 0 Å². The molecule has 1 aliphatic heterocycles. The van der Waals surface area contributed by atoms with Crippen LogP contribution in [-0.2, 0) is 18.9 Å². The Kier molecular flexibility index (Phi) is 7.98. The van der Waals surface area contributed by atoms with Crippen LogP contribution in [0.15, 0.2) is 0 Å². The molecule has 5 heteroatoms. The largest absolute Gasteiger partial charge is 0.388 e. The number of ether oxygens (including phenoxy) is 4. The van der Waals surface area contributed by atoms with E-state index in [1.165, 1.54) is 38.5 Å². The maximum Gasteiger partial charge on any atom is 0.147 e. The van der Waals surface area contributed by atoms with Gasteiger partial charge in [0.15, 0.2) is 0 Å². The zero-order valence-corrected chi connectivity index (χ0v) is 17.5. The van der Waals surface area contributed by atoms with Gasteiger partial charge in [-0.3, -0.25) is 0 Å². The Morgan fingerprint density at radius 3 is 2.15 bits per heavy atom. The van der Waals surface area contributed by atoms with E-state index >= 15 is 0 Å². The van der Waals surface area contributed by atoms with Crippen molar-refractivity contribution < 1.29 is 24.1 Å². The third kappa shape index (κ3) is 5.66. The monoisotopic (exact) mass is 384 g/mol. The van der Waals surface area contributed by atoms with Gasteiger partial charge in [-0.15, -0.1) is 0 Å². The van der Waals surface area contributed by atoms with E-state index in [9.17, 15) is 5.11 Å². The van der Waals surface area contributed by atoms with E-state index in [0.29, 0.717) is 43.5 Å². The lowest BCUT2D eigenvalue weighted by Gasteiger charge is -2.47. The molecule has 2 aliphatic carbocycles. The maximum absolute atomic E-state index is 9.76. The van der Waals surface area contributed by atoms with E-state index in [2.05, 4.69) is 13.8 Å². The molecule has 27 heavy (non-hydrogen) atoms. The van der Waals surface area contributed by atoms with Crippen molar-refractivity contribution in [1.29, 1.82) is 0 Å². The summed E-state index contributed by atoms with van der Waals surface area (Å²) in [7, 11) is 1.61. The minimum atomic E-state index is -0.506. The second-order valence-corrected chi connectivity index (χ2v) is 9.54. The highest BCUT2D eigenvalue weighted by molar-refractivity contribution is 4.92. The van der Waals surface area contributed by atoms with E-state index in [-0.39, 0.29) is 0 Å². The zero-order valence-electron chi connectivity index (χ0n) is 17.5. The van der Waals surface area contributed by atoms with Gasteiger partial charge in [0.05, 0.1) is 32.0 Å². The van der Waals surface area contributed by atoms with Crippen molar-refractivity contribution in [2.75, 3.05) is 33.7 Å². The first-order valence-corrected chi connectivity index (χ1v) is 11.0. The topological polar surface area (TPSA) is 57.2 Å². The Balaban J connectivity index is 1.40. The van der Waals surface area contributed by atoms with Crippen LogP contribution >= 0.6 is 0 Å². The number of hydrogen-bond acceptors (Lipinski definition) is 5. The van der Waals surface area contributed by atoms with Crippen molar-refractivity contribution >= 4 is 0 Å². The zero-order chi connectivity index (χ0) is 19.3. The molecule has 1 saturated heterocycles. The fourth-order valence-corrected chi connectivity index (χ4v) is 5.65. The molecule has 2 atom stereocenters. The smallest absolute Gasteiger partial charge is 0.147 e. The third-order valence-electron chi connectivity index (χ3n) is 7.61. The Bertz CT molecular complexity index is 418. The average molecular weight is 385 g/mol. The first-order chi connectivity index (χ1) is 13.0. The van der Waals surface area contributed by atoms with Gasteiger partial charge in [-0.2, -0.15) is 0 Å². The maximum atomic E-state index is 9.76. The van der Waals surface area contributed by atoms with Crippen LogP contribution in [0.1, 0.15) is 65.2 Å². The van der Waals surface area contributed by atoms with Crippen LogP contribution in [-0.4, -0.2) is 57.1 Å². The Morgan fingerprint density at radius 1 is 0.963 bits per heavy atom. The molecule has 0 spiro atoms. The second kappa shape index (κ2) is 10.0. The molecular formula is C22H40O5. The van der Waals surface area contributed by atoms with Crippen LogP contribution in [0.2, 0.25) is 0 Å². The summed E-state index contributed by atoms with van der Waals surface area (Å²) < 4.78 is 22.0. The fraction of sp³-hybridized carbons (Fsp3) is 1.00. The Morgan fingerprint density at radius 2 is 1.59 bits per heavy atom. The standard InChI is InChI=1S/C22H40O5/c1-22(2,17-6-4-16(5-7-17)21-14-25-15-27-21)18-8-10-20(11-9-18)26-13-19(23)12-24-3/h16-21,23H,4-15H2,1-3H3. The second-order valence-electron chi connectivity index (χ2n) is 9.54. The Labute approximate surface area is 165 Å². The molecule has 0 amide bonds. The summed E-state index contributed by atoms with van der Waals surface area (Å²) >= 11 is 0. The van der Waals surface area contributed by atoms with Gasteiger partial charge in [0.1, 0.15) is 12.9 Å². The molecule has 3 rings (SSSR count). The summed E-state index contributed by atoms with van der Waals surface area (Å²) in [4.78, 5) is 0. The van der Waals surface area contributed by atoms with E-state index < -0.39 is 6.10 Å². The van der Waals surface area contributed by atoms with E-state index in [4.69, 9.17) is 18.9 Å². The molecule has 5 nitrogen and oxygen atoms in total. The minimum absolute atomic E-state index is 0.304. The molecule has 0 aromatic heterocycles.